The van der Waals surface area contributed by atoms with Crippen molar-refractivity contribution in [2.75, 3.05) is 11.9 Å². The van der Waals surface area contributed by atoms with Gasteiger partial charge in [-0.3, -0.25) is 9.59 Å². The number of carbonyl (C=O) groups excluding carboxylic acids is 2. The first-order valence-electron chi connectivity index (χ1n) is 9.60. The minimum atomic E-state index is -0.186. The van der Waals surface area contributed by atoms with Crippen LogP contribution in [0.2, 0.25) is 0 Å². The van der Waals surface area contributed by atoms with Crippen molar-refractivity contribution in [2.24, 2.45) is 0 Å². The molecule has 0 unspecified atom stereocenters. The minimum absolute atomic E-state index is 0.0901. The molecule has 3 aromatic rings. The van der Waals surface area contributed by atoms with Gasteiger partial charge in [0.1, 0.15) is 5.75 Å². The fourth-order valence-electron chi connectivity index (χ4n) is 3.36. The third-order valence-electron chi connectivity index (χ3n) is 4.86. The topological polar surface area (TPSA) is 60.3 Å². The van der Waals surface area contributed by atoms with Crippen LogP contribution in [0.1, 0.15) is 39.8 Å². The zero-order chi connectivity index (χ0) is 21.0. The van der Waals surface area contributed by atoms with Crippen LogP contribution in [-0.2, 0) is 11.3 Å². The number of ether oxygens (including phenoxy) is 1. The SMILES string of the molecule is CC(=O)Nc1ccc(C)cc1OCC(=O)c1cc(C)n(Cc2ccccc2)c1C. The number of hydrogen-bond acceptors (Lipinski definition) is 3. The van der Waals surface area contributed by atoms with Crippen molar-refractivity contribution in [2.45, 2.75) is 34.2 Å². The molecular weight excluding hydrogens is 364 g/mol. The molecule has 5 heteroatoms. The molecular formula is C24H26N2O3. The molecule has 2 aromatic carbocycles. The van der Waals surface area contributed by atoms with Gasteiger partial charge < -0.3 is 14.6 Å². The van der Waals surface area contributed by atoms with Gasteiger partial charge in [-0.15, -0.1) is 0 Å². The number of Topliss-reactive ketones (excluding diaryl/α,β-unsaturated/α-hetero) is 1. The Morgan fingerprint density at radius 1 is 1.00 bits per heavy atom. The summed E-state index contributed by atoms with van der Waals surface area (Å²) in [5.74, 6) is 0.217. The van der Waals surface area contributed by atoms with E-state index in [-0.39, 0.29) is 18.3 Å². The van der Waals surface area contributed by atoms with E-state index in [0.29, 0.717) is 17.0 Å². The molecule has 1 amide bonds. The highest BCUT2D eigenvalue weighted by atomic mass is 16.5. The lowest BCUT2D eigenvalue weighted by Crippen LogP contribution is -2.15. The van der Waals surface area contributed by atoms with Gasteiger partial charge in [0.05, 0.1) is 5.69 Å². The first-order chi connectivity index (χ1) is 13.8. The normalized spacial score (nSPS) is 10.6. The van der Waals surface area contributed by atoms with Crippen LogP contribution in [0.5, 0.6) is 5.75 Å². The molecule has 1 heterocycles. The Bertz CT molecular complexity index is 1040. The maximum Gasteiger partial charge on any atom is 0.221 e. The predicted molar refractivity (Wildman–Crippen MR) is 115 cm³/mol. The summed E-state index contributed by atoms with van der Waals surface area (Å²) in [7, 11) is 0. The number of aryl methyl sites for hydroxylation is 2. The highest BCUT2D eigenvalue weighted by Crippen LogP contribution is 2.26. The number of amides is 1. The van der Waals surface area contributed by atoms with Gasteiger partial charge >= 0.3 is 0 Å². The largest absolute Gasteiger partial charge is 0.483 e. The van der Waals surface area contributed by atoms with Crippen LogP contribution in [0.25, 0.3) is 0 Å². The molecule has 5 nitrogen and oxygen atoms in total. The monoisotopic (exact) mass is 390 g/mol. The second-order valence-corrected chi connectivity index (χ2v) is 7.25. The van der Waals surface area contributed by atoms with Crippen molar-refractivity contribution >= 4 is 17.4 Å². The van der Waals surface area contributed by atoms with Gasteiger partial charge in [-0.2, -0.15) is 0 Å². The van der Waals surface area contributed by atoms with Crippen LogP contribution in [0.3, 0.4) is 0 Å². The van der Waals surface area contributed by atoms with Gasteiger partial charge in [0.2, 0.25) is 11.7 Å². The number of hydrogen-bond donors (Lipinski definition) is 1. The average molecular weight is 390 g/mol. The minimum Gasteiger partial charge on any atom is -0.483 e. The summed E-state index contributed by atoms with van der Waals surface area (Å²) in [5, 5.41) is 2.74. The van der Waals surface area contributed by atoms with Crippen molar-refractivity contribution < 1.29 is 14.3 Å². The van der Waals surface area contributed by atoms with Gasteiger partial charge in [-0.05, 0) is 50.1 Å². The first kappa shape index (κ1) is 20.4. The number of carbonyl (C=O) groups is 2. The number of rotatable bonds is 7. The molecule has 0 aliphatic heterocycles. The van der Waals surface area contributed by atoms with E-state index in [1.54, 1.807) is 6.07 Å². The third-order valence-corrected chi connectivity index (χ3v) is 4.86. The second-order valence-electron chi connectivity index (χ2n) is 7.25. The summed E-state index contributed by atoms with van der Waals surface area (Å²) >= 11 is 0. The number of aromatic nitrogens is 1. The zero-order valence-electron chi connectivity index (χ0n) is 17.3. The highest BCUT2D eigenvalue weighted by Gasteiger charge is 2.17. The van der Waals surface area contributed by atoms with E-state index in [4.69, 9.17) is 4.74 Å². The fraction of sp³-hybridized carbons (Fsp3) is 0.250. The molecule has 0 saturated carbocycles. The molecule has 150 valence electrons. The highest BCUT2D eigenvalue weighted by molar-refractivity contribution is 5.99. The number of anilines is 1. The van der Waals surface area contributed by atoms with Crippen molar-refractivity contribution in [1.82, 2.24) is 4.57 Å². The quantitative estimate of drug-likeness (QED) is 0.596. The molecule has 0 fully saturated rings. The molecule has 0 atom stereocenters. The smallest absolute Gasteiger partial charge is 0.221 e. The Morgan fingerprint density at radius 2 is 1.72 bits per heavy atom. The number of benzene rings is 2. The van der Waals surface area contributed by atoms with Crippen LogP contribution in [-0.4, -0.2) is 22.9 Å². The summed E-state index contributed by atoms with van der Waals surface area (Å²) in [6, 6.07) is 17.6. The van der Waals surface area contributed by atoms with Crippen molar-refractivity contribution in [3.63, 3.8) is 0 Å². The Labute approximate surface area is 171 Å². The third kappa shape index (κ3) is 4.93. The standard InChI is InChI=1S/C24H26N2O3/c1-16-10-11-22(25-19(4)27)24(12-16)29-15-23(28)21-13-17(2)26(18(21)3)14-20-8-6-5-7-9-20/h5-13H,14-15H2,1-4H3,(H,25,27). The summed E-state index contributed by atoms with van der Waals surface area (Å²) in [4.78, 5) is 24.3. The summed E-state index contributed by atoms with van der Waals surface area (Å²) in [6.07, 6.45) is 0. The lowest BCUT2D eigenvalue weighted by atomic mass is 10.1. The van der Waals surface area contributed by atoms with E-state index >= 15 is 0 Å². The van der Waals surface area contributed by atoms with Gasteiger partial charge in [-0.1, -0.05) is 36.4 Å². The Kier molecular flexibility index (Phi) is 6.17. The van der Waals surface area contributed by atoms with Crippen LogP contribution in [0, 0.1) is 20.8 Å². The summed E-state index contributed by atoms with van der Waals surface area (Å²) in [6.45, 7) is 7.96. The molecule has 0 aliphatic carbocycles. The lowest BCUT2D eigenvalue weighted by molar-refractivity contribution is -0.114. The molecule has 29 heavy (non-hydrogen) atoms. The summed E-state index contributed by atoms with van der Waals surface area (Å²) in [5.41, 5.74) is 5.35. The molecule has 0 bridgehead atoms. The molecule has 0 radical (unpaired) electrons. The van der Waals surface area contributed by atoms with Crippen molar-refractivity contribution in [3.05, 3.63) is 82.7 Å². The van der Waals surface area contributed by atoms with Crippen LogP contribution in [0.4, 0.5) is 5.69 Å². The Hall–Kier alpha value is -3.34. The zero-order valence-corrected chi connectivity index (χ0v) is 17.3. The molecule has 1 aromatic heterocycles. The number of ketones is 1. The molecule has 0 aliphatic rings. The van der Waals surface area contributed by atoms with E-state index in [1.165, 1.54) is 12.5 Å². The van der Waals surface area contributed by atoms with Gasteiger partial charge in [0.15, 0.2) is 6.61 Å². The maximum atomic E-state index is 12.8. The molecule has 0 saturated heterocycles. The van der Waals surface area contributed by atoms with Crippen molar-refractivity contribution in [3.8, 4) is 5.75 Å². The van der Waals surface area contributed by atoms with Gasteiger partial charge in [0.25, 0.3) is 0 Å². The van der Waals surface area contributed by atoms with Crippen LogP contribution >= 0.6 is 0 Å². The molecule has 3 rings (SSSR count). The number of nitrogens with zero attached hydrogens (tertiary/aromatic N) is 1. The molecule has 1 N–H and O–H groups in total. The maximum absolute atomic E-state index is 12.8. The second kappa shape index (κ2) is 8.78. The fourth-order valence-corrected chi connectivity index (χ4v) is 3.36. The molecule has 0 spiro atoms. The van der Waals surface area contributed by atoms with E-state index in [2.05, 4.69) is 22.0 Å². The predicted octanol–water partition coefficient (Wildman–Crippen LogP) is 4.68. The van der Waals surface area contributed by atoms with E-state index < -0.39 is 0 Å². The summed E-state index contributed by atoms with van der Waals surface area (Å²) < 4.78 is 7.92. The average Bonchev–Trinajstić information content (AvgIpc) is 2.96. The lowest BCUT2D eigenvalue weighted by Gasteiger charge is -2.13. The van der Waals surface area contributed by atoms with E-state index in [1.807, 2.05) is 57.2 Å². The van der Waals surface area contributed by atoms with E-state index in [0.717, 1.165) is 23.5 Å². The van der Waals surface area contributed by atoms with Gasteiger partial charge in [0, 0.05) is 30.4 Å². The first-order valence-corrected chi connectivity index (χ1v) is 9.60. The van der Waals surface area contributed by atoms with Gasteiger partial charge in [-0.25, -0.2) is 0 Å². The van der Waals surface area contributed by atoms with Crippen LogP contribution in [0.15, 0.2) is 54.6 Å². The van der Waals surface area contributed by atoms with E-state index in [9.17, 15) is 9.59 Å². The van der Waals surface area contributed by atoms with Crippen molar-refractivity contribution in [1.29, 1.82) is 0 Å². The number of nitrogens with one attached hydrogen (secondary N) is 1. The Balaban J connectivity index is 1.76. The Morgan fingerprint density at radius 3 is 2.41 bits per heavy atom. The van der Waals surface area contributed by atoms with Crippen LogP contribution < -0.4 is 10.1 Å².